The molecule has 0 unspecified atom stereocenters. The Labute approximate surface area is 80.5 Å². The number of hydrogen-bond acceptors (Lipinski definition) is 1. The Morgan fingerprint density at radius 2 is 2.08 bits per heavy atom. The molecule has 1 aliphatic carbocycles. The van der Waals surface area contributed by atoms with Crippen LogP contribution in [0.4, 0.5) is 4.79 Å². The lowest BCUT2D eigenvalue weighted by atomic mass is 9.99. The highest BCUT2D eigenvalue weighted by atomic mass is 16.2. The van der Waals surface area contributed by atoms with Crippen LogP contribution >= 0.6 is 0 Å². The number of urea groups is 1. The molecule has 0 spiro atoms. The third-order valence-corrected chi connectivity index (χ3v) is 2.85. The zero-order valence-corrected chi connectivity index (χ0v) is 9.05. The molecule has 0 atom stereocenters. The predicted molar refractivity (Wildman–Crippen MR) is 53.6 cm³/mol. The summed E-state index contributed by atoms with van der Waals surface area (Å²) < 4.78 is 0. The maximum absolute atomic E-state index is 11.5. The number of rotatable bonds is 3. The fraction of sp³-hybridized carbons (Fsp3) is 0.900. The van der Waals surface area contributed by atoms with Gasteiger partial charge in [0.15, 0.2) is 0 Å². The molecule has 0 aliphatic heterocycles. The molecule has 76 valence electrons. The lowest BCUT2D eigenvalue weighted by molar-refractivity contribution is 0.195. The van der Waals surface area contributed by atoms with E-state index in [1.54, 1.807) is 4.90 Å². The van der Waals surface area contributed by atoms with Gasteiger partial charge in [-0.15, -0.1) is 0 Å². The van der Waals surface area contributed by atoms with Crippen LogP contribution in [0.3, 0.4) is 0 Å². The Morgan fingerprint density at radius 3 is 2.46 bits per heavy atom. The monoisotopic (exact) mass is 184 g/mol. The van der Waals surface area contributed by atoms with Gasteiger partial charge in [-0.3, -0.25) is 0 Å². The van der Waals surface area contributed by atoms with E-state index in [-0.39, 0.29) is 11.6 Å². The van der Waals surface area contributed by atoms with Crippen LogP contribution in [0, 0.1) is 5.92 Å². The minimum Gasteiger partial charge on any atom is -0.333 e. The third kappa shape index (κ3) is 2.61. The first kappa shape index (κ1) is 10.4. The molecular formula is C10H20N2O. The van der Waals surface area contributed by atoms with E-state index in [2.05, 4.69) is 19.2 Å². The van der Waals surface area contributed by atoms with E-state index in [0.29, 0.717) is 5.92 Å². The third-order valence-electron chi connectivity index (χ3n) is 2.85. The van der Waals surface area contributed by atoms with Crippen molar-refractivity contribution in [2.75, 3.05) is 13.6 Å². The van der Waals surface area contributed by atoms with Crippen molar-refractivity contribution in [1.29, 1.82) is 0 Å². The van der Waals surface area contributed by atoms with Crippen molar-refractivity contribution < 1.29 is 4.79 Å². The van der Waals surface area contributed by atoms with Crippen molar-refractivity contribution in [2.45, 2.75) is 39.2 Å². The van der Waals surface area contributed by atoms with Gasteiger partial charge in [-0.1, -0.05) is 0 Å². The number of nitrogens with one attached hydrogen (secondary N) is 1. The van der Waals surface area contributed by atoms with E-state index in [1.807, 2.05) is 14.0 Å². The standard InChI is InChI=1S/C10H20N2O/c1-5-12(4)9(13)11-10(2,3)8-6-7-8/h8H,5-7H2,1-4H3,(H,11,13). The fourth-order valence-corrected chi connectivity index (χ4v) is 1.42. The maximum atomic E-state index is 11.5. The van der Waals surface area contributed by atoms with E-state index in [4.69, 9.17) is 0 Å². The van der Waals surface area contributed by atoms with E-state index in [0.717, 1.165) is 6.54 Å². The fourth-order valence-electron chi connectivity index (χ4n) is 1.42. The second kappa shape index (κ2) is 3.56. The first-order valence-corrected chi connectivity index (χ1v) is 5.00. The van der Waals surface area contributed by atoms with Gasteiger partial charge < -0.3 is 10.2 Å². The van der Waals surface area contributed by atoms with Crippen LogP contribution in [0.5, 0.6) is 0 Å². The molecule has 13 heavy (non-hydrogen) atoms. The van der Waals surface area contributed by atoms with Crippen LogP contribution in [0.15, 0.2) is 0 Å². The molecule has 1 saturated carbocycles. The van der Waals surface area contributed by atoms with Crippen molar-refractivity contribution in [3.8, 4) is 0 Å². The molecular weight excluding hydrogens is 164 g/mol. The molecule has 0 saturated heterocycles. The van der Waals surface area contributed by atoms with E-state index >= 15 is 0 Å². The summed E-state index contributed by atoms with van der Waals surface area (Å²) in [6.45, 7) is 6.94. The van der Waals surface area contributed by atoms with E-state index in [1.165, 1.54) is 12.8 Å². The normalized spacial score (nSPS) is 16.9. The number of nitrogens with zero attached hydrogens (tertiary/aromatic N) is 1. The van der Waals surface area contributed by atoms with Crippen molar-refractivity contribution >= 4 is 6.03 Å². The number of carbonyl (C=O) groups is 1. The quantitative estimate of drug-likeness (QED) is 0.713. The topological polar surface area (TPSA) is 32.3 Å². The van der Waals surface area contributed by atoms with Crippen molar-refractivity contribution in [1.82, 2.24) is 10.2 Å². The highest BCUT2D eigenvalue weighted by Crippen LogP contribution is 2.39. The highest BCUT2D eigenvalue weighted by Gasteiger charge is 2.39. The average molecular weight is 184 g/mol. The Hall–Kier alpha value is -0.730. The summed E-state index contributed by atoms with van der Waals surface area (Å²) in [6.07, 6.45) is 2.51. The molecule has 0 radical (unpaired) electrons. The zero-order chi connectivity index (χ0) is 10.1. The highest BCUT2D eigenvalue weighted by molar-refractivity contribution is 5.74. The summed E-state index contributed by atoms with van der Waals surface area (Å²) in [5.41, 5.74) is -0.0273. The average Bonchev–Trinajstić information content (AvgIpc) is 2.84. The number of carbonyl (C=O) groups excluding carboxylic acids is 1. The molecule has 2 amide bonds. The lowest BCUT2D eigenvalue weighted by Gasteiger charge is -2.28. The molecule has 1 aliphatic rings. The Balaban J connectivity index is 2.42. The summed E-state index contributed by atoms with van der Waals surface area (Å²) in [5.74, 6) is 0.682. The number of hydrogen-bond donors (Lipinski definition) is 1. The van der Waals surface area contributed by atoms with Crippen molar-refractivity contribution in [3.05, 3.63) is 0 Å². The molecule has 0 bridgehead atoms. The predicted octanol–water partition coefficient (Wildman–Crippen LogP) is 1.84. The van der Waals surface area contributed by atoms with Crippen LogP contribution in [0.2, 0.25) is 0 Å². The van der Waals surface area contributed by atoms with Crippen molar-refractivity contribution in [3.63, 3.8) is 0 Å². The molecule has 1 rings (SSSR count). The molecule has 3 heteroatoms. The summed E-state index contributed by atoms with van der Waals surface area (Å²) >= 11 is 0. The van der Waals surface area contributed by atoms with E-state index in [9.17, 15) is 4.79 Å². The van der Waals surface area contributed by atoms with Gasteiger partial charge in [-0.25, -0.2) is 4.79 Å². The molecule has 3 nitrogen and oxygen atoms in total. The summed E-state index contributed by atoms with van der Waals surface area (Å²) in [6, 6.07) is 0.0411. The van der Waals surface area contributed by atoms with Crippen LogP contribution in [-0.2, 0) is 0 Å². The van der Waals surface area contributed by atoms with Gasteiger partial charge in [0, 0.05) is 19.1 Å². The zero-order valence-electron chi connectivity index (χ0n) is 9.05. The molecule has 1 fully saturated rings. The Kier molecular flexibility index (Phi) is 2.84. The Bertz CT molecular complexity index is 197. The lowest BCUT2D eigenvalue weighted by Crippen LogP contribution is -2.50. The van der Waals surface area contributed by atoms with Gasteiger partial charge in [0.2, 0.25) is 0 Å². The first-order valence-electron chi connectivity index (χ1n) is 5.00. The summed E-state index contributed by atoms with van der Waals surface area (Å²) in [4.78, 5) is 13.2. The SMILES string of the molecule is CCN(C)C(=O)NC(C)(C)C1CC1. The van der Waals surface area contributed by atoms with Crippen LogP contribution in [-0.4, -0.2) is 30.1 Å². The van der Waals surface area contributed by atoms with Crippen molar-refractivity contribution in [2.24, 2.45) is 5.92 Å². The molecule has 0 aromatic heterocycles. The second-order valence-electron chi connectivity index (χ2n) is 4.44. The molecule has 1 N–H and O–H groups in total. The second-order valence-corrected chi connectivity index (χ2v) is 4.44. The molecule has 0 aromatic carbocycles. The Morgan fingerprint density at radius 1 is 1.54 bits per heavy atom. The molecule has 0 aromatic rings. The maximum Gasteiger partial charge on any atom is 0.317 e. The van der Waals surface area contributed by atoms with Gasteiger partial charge >= 0.3 is 6.03 Å². The number of amides is 2. The minimum absolute atomic E-state index is 0.0273. The van der Waals surface area contributed by atoms with Gasteiger partial charge in [0.1, 0.15) is 0 Å². The van der Waals surface area contributed by atoms with Crippen LogP contribution < -0.4 is 5.32 Å². The van der Waals surface area contributed by atoms with Crippen LogP contribution in [0.1, 0.15) is 33.6 Å². The smallest absolute Gasteiger partial charge is 0.317 e. The van der Waals surface area contributed by atoms with E-state index < -0.39 is 0 Å². The largest absolute Gasteiger partial charge is 0.333 e. The van der Waals surface area contributed by atoms with Gasteiger partial charge in [0.25, 0.3) is 0 Å². The summed E-state index contributed by atoms with van der Waals surface area (Å²) in [7, 11) is 1.82. The molecule has 0 heterocycles. The van der Waals surface area contributed by atoms with Crippen LogP contribution in [0.25, 0.3) is 0 Å². The minimum atomic E-state index is -0.0273. The van der Waals surface area contributed by atoms with Gasteiger partial charge in [-0.2, -0.15) is 0 Å². The van der Waals surface area contributed by atoms with Gasteiger partial charge in [-0.05, 0) is 39.5 Å². The summed E-state index contributed by atoms with van der Waals surface area (Å²) in [5, 5.41) is 3.06. The van der Waals surface area contributed by atoms with Gasteiger partial charge in [0.05, 0.1) is 0 Å². The first-order chi connectivity index (χ1) is 5.97.